The predicted molar refractivity (Wildman–Crippen MR) is 98.5 cm³/mol. The molecule has 4 rings (SSSR count). The number of nitrogens with one attached hydrogen (secondary N) is 2. The minimum atomic E-state index is -0.521. The number of nitrogens with zero attached hydrogens (tertiary/aromatic N) is 2. The van der Waals surface area contributed by atoms with Gasteiger partial charge in [-0.25, -0.2) is 4.98 Å². The van der Waals surface area contributed by atoms with Gasteiger partial charge in [-0.3, -0.25) is 9.69 Å². The quantitative estimate of drug-likeness (QED) is 0.830. The molecule has 0 bridgehead atoms. The van der Waals surface area contributed by atoms with Gasteiger partial charge in [0.15, 0.2) is 5.13 Å². The van der Waals surface area contributed by atoms with Crippen LogP contribution in [0.15, 0.2) is 29.1 Å². The van der Waals surface area contributed by atoms with Crippen LogP contribution in [0.4, 0.5) is 5.13 Å². The van der Waals surface area contributed by atoms with Crippen LogP contribution < -0.4 is 10.6 Å². The molecule has 1 saturated carbocycles. The van der Waals surface area contributed by atoms with Crippen molar-refractivity contribution in [3.05, 3.63) is 34.0 Å². The number of carbonyl (C=O) groups is 1. The normalized spacial score (nSPS) is 20.7. The third-order valence-corrected chi connectivity index (χ3v) is 6.34. The van der Waals surface area contributed by atoms with Crippen LogP contribution in [-0.4, -0.2) is 40.5 Å². The van der Waals surface area contributed by atoms with Gasteiger partial charge in [-0.05, 0) is 37.1 Å². The maximum absolute atomic E-state index is 12.9. The maximum atomic E-state index is 12.9. The lowest BCUT2D eigenvalue weighted by Gasteiger charge is -2.41. The summed E-state index contributed by atoms with van der Waals surface area (Å²) in [4.78, 5) is 21.1. The fourth-order valence-electron chi connectivity index (χ4n) is 3.17. The Labute approximate surface area is 150 Å². The zero-order chi connectivity index (χ0) is 16.4. The number of aromatic nitrogens is 1. The van der Waals surface area contributed by atoms with E-state index in [4.69, 9.17) is 0 Å². The summed E-state index contributed by atoms with van der Waals surface area (Å²) in [6.07, 6.45) is 5.64. The third kappa shape index (κ3) is 3.63. The van der Waals surface area contributed by atoms with E-state index in [9.17, 15) is 4.79 Å². The van der Waals surface area contributed by atoms with E-state index in [-0.39, 0.29) is 5.91 Å². The third-order valence-electron chi connectivity index (χ3n) is 4.79. The van der Waals surface area contributed by atoms with Crippen LogP contribution in [0.1, 0.15) is 30.6 Å². The average Bonchev–Trinajstić information content (AvgIpc) is 3.03. The Morgan fingerprint density at radius 1 is 1.29 bits per heavy atom. The first-order valence-electron chi connectivity index (χ1n) is 8.47. The van der Waals surface area contributed by atoms with Crippen molar-refractivity contribution in [2.45, 2.75) is 43.8 Å². The number of carbonyl (C=O) groups excluding carboxylic acids is 1. The first-order chi connectivity index (χ1) is 11.7. The molecule has 1 aliphatic carbocycles. The SMILES string of the molecule is O=C(NC1CC1)C1(Nc2nccs2)CCN(Cc2cccs2)CC1. The lowest BCUT2D eigenvalue weighted by Crippen LogP contribution is -2.58. The molecule has 1 aliphatic heterocycles. The van der Waals surface area contributed by atoms with Crippen molar-refractivity contribution >= 4 is 33.7 Å². The van der Waals surface area contributed by atoms with E-state index < -0.39 is 5.54 Å². The van der Waals surface area contributed by atoms with Gasteiger partial charge in [0.25, 0.3) is 0 Å². The first kappa shape index (κ1) is 16.1. The van der Waals surface area contributed by atoms with Crippen molar-refractivity contribution in [3.63, 3.8) is 0 Å². The molecule has 2 N–H and O–H groups in total. The van der Waals surface area contributed by atoms with Crippen LogP contribution in [0.25, 0.3) is 0 Å². The van der Waals surface area contributed by atoms with Gasteiger partial charge in [-0.2, -0.15) is 0 Å². The minimum Gasteiger partial charge on any atom is -0.351 e. The van der Waals surface area contributed by atoms with Crippen LogP contribution in [0.5, 0.6) is 0 Å². The second kappa shape index (κ2) is 6.82. The number of rotatable bonds is 6. The molecule has 5 nitrogen and oxygen atoms in total. The zero-order valence-electron chi connectivity index (χ0n) is 13.5. The van der Waals surface area contributed by atoms with Crippen molar-refractivity contribution in [1.29, 1.82) is 0 Å². The summed E-state index contributed by atoms with van der Waals surface area (Å²) >= 11 is 3.36. The summed E-state index contributed by atoms with van der Waals surface area (Å²) in [7, 11) is 0. The van der Waals surface area contributed by atoms with Gasteiger partial charge in [-0.15, -0.1) is 22.7 Å². The summed E-state index contributed by atoms with van der Waals surface area (Å²) < 4.78 is 0. The second-order valence-corrected chi connectivity index (χ2v) is 8.57. The fraction of sp³-hybridized carbons (Fsp3) is 0.529. The molecule has 0 atom stereocenters. The zero-order valence-corrected chi connectivity index (χ0v) is 15.2. The topological polar surface area (TPSA) is 57.3 Å². The molecule has 3 heterocycles. The number of piperidine rings is 1. The van der Waals surface area contributed by atoms with Crippen LogP contribution in [0, 0.1) is 0 Å². The first-order valence-corrected chi connectivity index (χ1v) is 10.2. The van der Waals surface area contributed by atoms with E-state index in [1.807, 2.05) is 5.38 Å². The highest BCUT2D eigenvalue weighted by Crippen LogP contribution is 2.31. The van der Waals surface area contributed by atoms with Crippen LogP contribution in [0.2, 0.25) is 0 Å². The Balaban J connectivity index is 1.44. The Morgan fingerprint density at radius 3 is 2.75 bits per heavy atom. The largest absolute Gasteiger partial charge is 0.351 e. The molecule has 0 aromatic carbocycles. The van der Waals surface area contributed by atoms with Crippen LogP contribution in [0.3, 0.4) is 0 Å². The highest BCUT2D eigenvalue weighted by molar-refractivity contribution is 7.13. The molecule has 0 unspecified atom stereocenters. The second-order valence-electron chi connectivity index (χ2n) is 6.65. The molecular weight excluding hydrogens is 340 g/mol. The molecular formula is C17H22N4OS2. The number of amides is 1. The number of hydrogen-bond acceptors (Lipinski definition) is 6. The van der Waals surface area contributed by atoms with E-state index in [1.165, 1.54) is 4.88 Å². The number of hydrogen-bond donors (Lipinski definition) is 2. The van der Waals surface area contributed by atoms with E-state index in [0.717, 1.165) is 50.4 Å². The van der Waals surface area contributed by atoms with Gasteiger partial charge in [0.05, 0.1) is 0 Å². The summed E-state index contributed by atoms with van der Waals surface area (Å²) in [5.74, 6) is 0.149. The summed E-state index contributed by atoms with van der Waals surface area (Å²) in [6, 6.07) is 4.67. The molecule has 2 aliphatic rings. The molecule has 2 aromatic rings. The van der Waals surface area contributed by atoms with Gasteiger partial charge in [0.1, 0.15) is 5.54 Å². The maximum Gasteiger partial charge on any atom is 0.246 e. The molecule has 1 saturated heterocycles. The number of thiazole rings is 1. The Bertz CT molecular complexity index is 659. The van der Waals surface area contributed by atoms with Gasteiger partial charge in [-0.1, -0.05) is 6.07 Å². The smallest absolute Gasteiger partial charge is 0.246 e. The van der Waals surface area contributed by atoms with E-state index in [0.29, 0.717) is 6.04 Å². The van der Waals surface area contributed by atoms with Gasteiger partial charge in [0.2, 0.25) is 5.91 Å². The van der Waals surface area contributed by atoms with Gasteiger partial charge in [0, 0.05) is 42.1 Å². The molecule has 7 heteroatoms. The average molecular weight is 363 g/mol. The Kier molecular flexibility index (Phi) is 4.56. The number of thiophene rings is 1. The van der Waals surface area contributed by atoms with Crippen molar-refractivity contribution in [3.8, 4) is 0 Å². The Hall–Kier alpha value is -1.44. The van der Waals surface area contributed by atoms with E-state index in [1.54, 1.807) is 28.9 Å². The van der Waals surface area contributed by atoms with Gasteiger partial charge >= 0.3 is 0 Å². The molecule has 0 radical (unpaired) electrons. The van der Waals surface area contributed by atoms with Crippen LogP contribution in [-0.2, 0) is 11.3 Å². The molecule has 0 spiro atoms. The summed E-state index contributed by atoms with van der Waals surface area (Å²) in [6.45, 7) is 2.83. The highest BCUT2D eigenvalue weighted by atomic mass is 32.1. The Morgan fingerprint density at radius 2 is 2.12 bits per heavy atom. The standard InChI is InChI=1S/C17H22N4OS2/c22-15(19-13-3-4-13)17(20-16-18-7-11-24-16)5-8-21(9-6-17)12-14-2-1-10-23-14/h1-2,7,10-11,13H,3-6,8-9,12H2,(H,18,20)(H,19,22). The minimum absolute atomic E-state index is 0.149. The number of anilines is 1. The summed E-state index contributed by atoms with van der Waals surface area (Å²) in [5, 5.41) is 11.6. The molecule has 2 aromatic heterocycles. The molecule has 1 amide bonds. The van der Waals surface area contributed by atoms with E-state index in [2.05, 4.69) is 38.0 Å². The molecule has 24 heavy (non-hydrogen) atoms. The number of likely N-dealkylation sites (tertiary alicyclic amines) is 1. The van der Waals surface area contributed by atoms with Gasteiger partial charge < -0.3 is 10.6 Å². The van der Waals surface area contributed by atoms with Crippen molar-refractivity contribution in [2.24, 2.45) is 0 Å². The summed E-state index contributed by atoms with van der Waals surface area (Å²) in [5.41, 5.74) is -0.521. The predicted octanol–water partition coefficient (Wildman–Crippen LogP) is 2.93. The van der Waals surface area contributed by atoms with E-state index >= 15 is 0 Å². The fourth-order valence-corrected chi connectivity index (χ4v) is 4.54. The van der Waals surface area contributed by atoms with Crippen LogP contribution >= 0.6 is 22.7 Å². The lowest BCUT2D eigenvalue weighted by atomic mass is 9.86. The lowest BCUT2D eigenvalue weighted by molar-refractivity contribution is -0.127. The highest BCUT2D eigenvalue weighted by Gasteiger charge is 2.43. The van der Waals surface area contributed by atoms with Crippen molar-refractivity contribution < 1.29 is 4.79 Å². The molecule has 128 valence electrons. The van der Waals surface area contributed by atoms with Crippen molar-refractivity contribution in [2.75, 3.05) is 18.4 Å². The monoisotopic (exact) mass is 362 g/mol. The molecule has 2 fully saturated rings. The van der Waals surface area contributed by atoms with Crippen molar-refractivity contribution in [1.82, 2.24) is 15.2 Å².